The molecule has 17 heavy (non-hydrogen) atoms. The lowest BCUT2D eigenvalue weighted by molar-refractivity contribution is 0.189. The first kappa shape index (κ1) is 11.1. The first-order valence-corrected chi connectivity index (χ1v) is 6.88. The van der Waals surface area contributed by atoms with Gasteiger partial charge in [0.15, 0.2) is 0 Å². The standard InChI is InChI=1S/C17H22/c1-16-11-9-15(10-12-16)17(16,2)13-8-14-6-4-3-5-7-14/h3-8,13,15H,9-12H2,1-2H3. The number of rotatable bonds is 2. The summed E-state index contributed by atoms with van der Waals surface area (Å²) >= 11 is 0. The van der Waals surface area contributed by atoms with Gasteiger partial charge in [-0.2, -0.15) is 0 Å². The van der Waals surface area contributed by atoms with Crippen molar-refractivity contribution in [3.63, 3.8) is 0 Å². The molecule has 1 unspecified atom stereocenters. The highest BCUT2D eigenvalue weighted by Gasteiger charge is 2.57. The monoisotopic (exact) mass is 226 g/mol. The van der Waals surface area contributed by atoms with Gasteiger partial charge in [0.1, 0.15) is 0 Å². The van der Waals surface area contributed by atoms with Crippen LogP contribution in [0.2, 0.25) is 0 Å². The van der Waals surface area contributed by atoms with Crippen molar-refractivity contribution in [2.45, 2.75) is 39.5 Å². The summed E-state index contributed by atoms with van der Waals surface area (Å²) in [6, 6.07) is 10.7. The first-order chi connectivity index (χ1) is 8.14. The summed E-state index contributed by atoms with van der Waals surface area (Å²) in [5.41, 5.74) is 2.33. The van der Waals surface area contributed by atoms with Crippen molar-refractivity contribution in [2.75, 3.05) is 0 Å². The summed E-state index contributed by atoms with van der Waals surface area (Å²) < 4.78 is 0. The average Bonchev–Trinajstić information content (AvgIpc) is 2.75. The first-order valence-electron chi connectivity index (χ1n) is 6.88. The van der Waals surface area contributed by atoms with Crippen LogP contribution in [0.4, 0.5) is 0 Å². The summed E-state index contributed by atoms with van der Waals surface area (Å²) in [7, 11) is 0. The molecule has 0 heterocycles. The van der Waals surface area contributed by atoms with Gasteiger partial charge in [-0.05, 0) is 48.0 Å². The van der Waals surface area contributed by atoms with Gasteiger partial charge in [0.25, 0.3) is 0 Å². The minimum atomic E-state index is 0.433. The van der Waals surface area contributed by atoms with E-state index in [-0.39, 0.29) is 0 Å². The Hall–Kier alpha value is -1.04. The van der Waals surface area contributed by atoms with Crippen LogP contribution >= 0.6 is 0 Å². The normalized spacial score (nSPS) is 40.2. The number of benzene rings is 1. The van der Waals surface area contributed by atoms with Crippen LogP contribution < -0.4 is 0 Å². The van der Waals surface area contributed by atoms with E-state index in [1.54, 1.807) is 0 Å². The molecule has 1 atom stereocenters. The zero-order valence-electron chi connectivity index (χ0n) is 10.9. The second-order valence-electron chi connectivity index (χ2n) is 6.36. The van der Waals surface area contributed by atoms with Crippen LogP contribution in [0, 0.1) is 16.7 Å². The average molecular weight is 226 g/mol. The van der Waals surface area contributed by atoms with E-state index in [1.807, 2.05) is 0 Å². The molecule has 2 saturated carbocycles. The highest BCUT2D eigenvalue weighted by atomic mass is 14.6. The minimum Gasteiger partial charge on any atom is -0.0772 e. The zero-order valence-corrected chi connectivity index (χ0v) is 10.9. The Balaban J connectivity index is 1.88. The SMILES string of the molecule is CC12CCC(CC1)C2(C)C=Cc1ccccc1. The summed E-state index contributed by atoms with van der Waals surface area (Å²) in [6.45, 7) is 4.98. The van der Waals surface area contributed by atoms with Crippen molar-refractivity contribution in [2.24, 2.45) is 16.7 Å². The van der Waals surface area contributed by atoms with Crippen LogP contribution in [0.15, 0.2) is 36.4 Å². The lowest BCUT2D eigenvalue weighted by Gasteiger charge is -2.35. The smallest absolute Gasteiger partial charge is 0.00612 e. The molecule has 90 valence electrons. The molecule has 2 bridgehead atoms. The van der Waals surface area contributed by atoms with E-state index >= 15 is 0 Å². The molecule has 0 spiro atoms. The van der Waals surface area contributed by atoms with Gasteiger partial charge in [-0.3, -0.25) is 0 Å². The van der Waals surface area contributed by atoms with Crippen molar-refractivity contribution in [1.29, 1.82) is 0 Å². The third-order valence-electron chi connectivity index (χ3n) is 5.66. The second kappa shape index (κ2) is 3.73. The molecule has 2 aliphatic carbocycles. The molecule has 2 aliphatic rings. The van der Waals surface area contributed by atoms with E-state index in [1.165, 1.54) is 31.2 Å². The molecule has 0 saturated heterocycles. The Morgan fingerprint density at radius 1 is 1.06 bits per heavy atom. The van der Waals surface area contributed by atoms with Crippen LogP contribution in [-0.2, 0) is 0 Å². The Labute approximate surface area is 105 Å². The lowest BCUT2D eigenvalue weighted by atomic mass is 9.69. The van der Waals surface area contributed by atoms with Crippen molar-refractivity contribution in [3.8, 4) is 0 Å². The Bertz CT molecular complexity index is 421. The molecule has 0 nitrogen and oxygen atoms in total. The van der Waals surface area contributed by atoms with E-state index in [0.717, 1.165) is 5.92 Å². The van der Waals surface area contributed by atoms with Crippen LogP contribution in [0.25, 0.3) is 6.08 Å². The van der Waals surface area contributed by atoms with Crippen LogP contribution in [0.3, 0.4) is 0 Å². The molecule has 0 aromatic heterocycles. The van der Waals surface area contributed by atoms with Crippen LogP contribution in [0.1, 0.15) is 45.1 Å². The molecule has 2 fully saturated rings. The highest BCUT2D eigenvalue weighted by molar-refractivity contribution is 5.50. The van der Waals surface area contributed by atoms with E-state index in [4.69, 9.17) is 0 Å². The molecular formula is C17H22. The molecule has 0 radical (unpaired) electrons. The largest absolute Gasteiger partial charge is 0.0772 e. The number of fused-ring (bicyclic) bond motifs is 2. The molecule has 0 heteroatoms. The predicted molar refractivity (Wildman–Crippen MR) is 73.6 cm³/mol. The van der Waals surface area contributed by atoms with Gasteiger partial charge in [-0.15, -0.1) is 0 Å². The fraction of sp³-hybridized carbons (Fsp3) is 0.529. The van der Waals surface area contributed by atoms with Gasteiger partial charge >= 0.3 is 0 Å². The molecule has 0 N–H and O–H groups in total. The van der Waals surface area contributed by atoms with Crippen molar-refractivity contribution < 1.29 is 0 Å². The Morgan fingerprint density at radius 2 is 1.71 bits per heavy atom. The molecule has 1 aromatic carbocycles. The summed E-state index contributed by atoms with van der Waals surface area (Å²) in [4.78, 5) is 0. The number of hydrogen-bond donors (Lipinski definition) is 0. The van der Waals surface area contributed by atoms with Crippen molar-refractivity contribution in [1.82, 2.24) is 0 Å². The maximum absolute atomic E-state index is 2.51. The van der Waals surface area contributed by atoms with Gasteiger partial charge in [-0.25, -0.2) is 0 Å². The molecular weight excluding hydrogens is 204 g/mol. The zero-order chi connectivity index (χ0) is 11.9. The van der Waals surface area contributed by atoms with Crippen LogP contribution in [0.5, 0.6) is 0 Å². The highest BCUT2D eigenvalue weighted by Crippen LogP contribution is 2.66. The minimum absolute atomic E-state index is 0.433. The lowest BCUT2D eigenvalue weighted by Crippen LogP contribution is -2.28. The van der Waals surface area contributed by atoms with Crippen molar-refractivity contribution in [3.05, 3.63) is 42.0 Å². The summed E-state index contributed by atoms with van der Waals surface area (Å²) in [5.74, 6) is 0.924. The molecule has 1 aromatic rings. The van der Waals surface area contributed by atoms with Crippen LogP contribution in [-0.4, -0.2) is 0 Å². The van der Waals surface area contributed by atoms with Gasteiger partial charge in [-0.1, -0.05) is 56.3 Å². The number of hydrogen-bond acceptors (Lipinski definition) is 0. The van der Waals surface area contributed by atoms with Gasteiger partial charge < -0.3 is 0 Å². The third kappa shape index (κ3) is 1.57. The fourth-order valence-corrected chi connectivity index (χ4v) is 4.06. The molecule has 3 rings (SSSR count). The van der Waals surface area contributed by atoms with Gasteiger partial charge in [0, 0.05) is 0 Å². The summed E-state index contributed by atoms with van der Waals surface area (Å²) in [6.07, 6.45) is 10.6. The summed E-state index contributed by atoms with van der Waals surface area (Å²) in [5, 5.41) is 0. The third-order valence-corrected chi connectivity index (χ3v) is 5.66. The maximum Gasteiger partial charge on any atom is -0.00612 e. The maximum atomic E-state index is 2.51. The van der Waals surface area contributed by atoms with E-state index in [2.05, 4.69) is 56.3 Å². The van der Waals surface area contributed by atoms with Gasteiger partial charge in [0.2, 0.25) is 0 Å². The topological polar surface area (TPSA) is 0 Å². The van der Waals surface area contributed by atoms with Gasteiger partial charge in [0.05, 0.1) is 0 Å². The molecule has 0 aliphatic heterocycles. The number of allylic oxidation sites excluding steroid dienone is 1. The van der Waals surface area contributed by atoms with E-state index < -0.39 is 0 Å². The fourth-order valence-electron chi connectivity index (χ4n) is 4.06. The predicted octanol–water partition coefficient (Wildman–Crippen LogP) is 4.92. The Kier molecular flexibility index (Phi) is 2.43. The Morgan fingerprint density at radius 3 is 2.24 bits per heavy atom. The van der Waals surface area contributed by atoms with E-state index in [0.29, 0.717) is 10.8 Å². The van der Waals surface area contributed by atoms with Crippen molar-refractivity contribution >= 4 is 6.08 Å². The quantitative estimate of drug-likeness (QED) is 0.671. The molecule has 0 amide bonds. The second-order valence-corrected chi connectivity index (χ2v) is 6.36. The van der Waals surface area contributed by atoms with E-state index in [9.17, 15) is 0 Å².